The lowest BCUT2D eigenvalue weighted by atomic mass is 9.98. The number of aliphatic hydroxyl groups is 2. The molecule has 3 N–H and O–H groups in total. The summed E-state index contributed by atoms with van der Waals surface area (Å²) in [4.78, 5) is 11.8. The van der Waals surface area contributed by atoms with Crippen molar-refractivity contribution in [1.82, 2.24) is 5.32 Å². The fourth-order valence-corrected chi connectivity index (χ4v) is 1.93. The van der Waals surface area contributed by atoms with E-state index in [1.54, 1.807) is 25.1 Å². The molecule has 0 saturated heterocycles. The predicted molar refractivity (Wildman–Crippen MR) is 80.8 cm³/mol. The Balaban J connectivity index is 2.80. The summed E-state index contributed by atoms with van der Waals surface area (Å²) >= 11 is 11.9. The van der Waals surface area contributed by atoms with E-state index >= 15 is 0 Å². The number of nitrogens with one attached hydrogen (secondary N) is 1. The number of hydrogen-bond acceptors (Lipinski definition) is 3. The Hall–Kier alpha value is -1.07. The first-order chi connectivity index (χ1) is 9.48. The fourth-order valence-electron chi connectivity index (χ4n) is 1.56. The van der Waals surface area contributed by atoms with Gasteiger partial charge in [0, 0.05) is 6.08 Å². The maximum Gasteiger partial charge on any atom is 0.244 e. The summed E-state index contributed by atoms with van der Waals surface area (Å²) in [5, 5.41) is 21.9. The molecule has 0 atom stereocenters. The Morgan fingerprint density at radius 3 is 2.55 bits per heavy atom. The monoisotopic (exact) mass is 317 g/mol. The Morgan fingerprint density at radius 2 is 2.00 bits per heavy atom. The van der Waals surface area contributed by atoms with Crippen molar-refractivity contribution >= 4 is 35.2 Å². The van der Waals surface area contributed by atoms with Gasteiger partial charge in [-0.2, -0.15) is 0 Å². The molecule has 1 aromatic rings. The molecule has 0 unspecified atom stereocenters. The van der Waals surface area contributed by atoms with Gasteiger partial charge in [-0.1, -0.05) is 42.3 Å². The topological polar surface area (TPSA) is 69.6 Å². The van der Waals surface area contributed by atoms with Crippen molar-refractivity contribution in [2.75, 3.05) is 13.2 Å². The van der Waals surface area contributed by atoms with Crippen LogP contribution in [0.3, 0.4) is 0 Å². The number of aliphatic hydroxyl groups excluding tert-OH is 2. The van der Waals surface area contributed by atoms with Crippen molar-refractivity contribution in [3.63, 3.8) is 0 Å². The molecule has 0 aliphatic heterocycles. The van der Waals surface area contributed by atoms with Crippen LogP contribution in [0.25, 0.3) is 6.08 Å². The van der Waals surface area contributed by atoms with E-state index in [4.69, 9.17) is 23.2 Å². The van der Waals surface area contributed by atoms with Gasteiger partial charge in [0.15, 0.2) is 0 Å². The lowest BCUT2D eigenvalue weighted by Gasteiger charge is -2.29. The number of benzene rings is 1. The number of carbonyl (C=O) groups is 1. The van der Waals surface area contributed by atoms with Crippen molar-refractivity contribution in [1.29, 1.82) is 0 Å². The van der Waals surface area contributed by atoms with Gasteiger partial charge in [0.2, 0.25) is 5.91 Å². The first-order valence-electron chi connectivity index (χ1n) is 6.14. The van der Waals surface area contributed by atoms with E-state index in [1.807, 2.05) is 0 Å². The van der Waals surface area contributed by atoms with Crippen LogP contribution in [-0.4, -0.2) is 34.9 Å². The Bertz CT molecular complexity index is 491. The molecule has 0 fully saturated rings. The van der Waals surface area contributed by atoms with Crippen LogP contribution in [0.5, 0.6) is 0 Å². The van der Waals surface area contributed by atoms with Crippen LogP contribution < -0.4 is 5.32 Å². The zero-order valence-electron chi connectivity index (χ0n) is 11.1. The Kier molecular flexibility index (Phi) is 6.49. The van der Waals surface area contributed by atoms with Gasteiger partial charge in [-0.25, -0.2) is 0 Å². The normalized spacial score (nSPS) is 11.8. The number of halogens is 2. The van der Waals surface area contributed by atoms with Gasteiger partial charge in [0.25, 0.3) is 0 Å². The molecule has 0 heterocycles. The second-order valence-electron chi connectivity index (χ2n) is 4.42. The zero-order valence-corrected chi connectivity index (χ0v) is 12.6. The van der Waals surface area contributed by atoms with Crippen LogP contribution in [0.4, 0.5) is 0 Å². The molecule has 6 heteroatoms. The van der Waals surface area contributed by atoms with Crippen LogP contribution >= 0.6 is 23.2 Å². The van der Waals surface area contributed by atoms with Gasteiger partial charge in [0.05, 0.1) is 28.8 Å². The third-order valence-corrected chi connectivity index (χ3v) is 3.90. The van der Waals surface area contributed by atoms with Gasteiger partial charge in [0.1, 0.15) is 0 Å². The molecule has 0 aromatic heterocycles. The molecule has 0 saturated carbocycles. The number of hydrogen-bond donors (Lipinski definition) is 3. The first-order valence-corrected chi connectivity index (χ1v) is 6.89. The summed E-state index contributed by atoms with van der Waals surface area (Å²) in [5.41, 5.74) is -0.399. The lowest BCUT2D eigenvalue weighted by Crippen LogP contribution is -2.53. The summed E-state index contributed by atoms with van der Waals surface area (Å²) < 4.78 is 0. The highest BCUT2D eigenvalue weighted by molar-refractivity contribution is 6.42. The van der Waals surface area contributed by atoms with Gasteiger partial charge >= 0.3 is 0 Å². The molecule has 1 amide bonds. The van der Waals surface area contributed by atoms with Crippen molar-refractivity contribution < 1.29 is 15.0 Å². The van der Waals surface area contributed by atoms with Gasteiger partial charge in [-0.05, 0) is 24.1 Å². The maximum atomic E-state index is 11.8. The molecular weight excluding hydrogens is 301 g/mol. The minimum absolute atomic E-state index is 0.336. The minimum Gasteiger partial charge on any atom is -0.394 e. The van der Waals surface area contributed by atoms with E-state index in [2.05, 4.69) is 5.32 Å². The first kappa shape index (κ1) is 17.0. The molecule has 0 bridgehead atoms. The molecule has 4 nitrogen and oxygen atoms in total. The molecule has 0 aliphatic carbocycles. The zero-order chi connectivity index (χ0) is 15.2. The van der Waals surface area contributed by atoms with Crippen molar-refractivity contribution in [2.45, 2.75) is 18.9 Å². The van der Waals surface area contributed by atoms with Crippen LogP contribution in [0.2, 0.25) is 10.0 Å². The summed E-state index contributed by atoms with van der Waals surface area (Å²) in [7, 11) is 0. The van der Waals surface area contributed by atoms with E-state index in [-0.39, 0.29) is 13.2 Å². The van der Waals surface area contributed by atoms with Crippen LogP contribution in [-0.2, 0) is 4.79 Å². The van der Waals surface area contributed by atoms with E-state index in [1.165, 1.54) is 12.2 Å². The van der Waals surface area contributed by atoms with Crippen molar-refractivity contribution in [3.05, 3.63) is 39.9 Å². The highest BCUT2D eigenvalue weighted by Crippen LogP contribution is 2.26. The highest BCUT2D eigenvalue weighted by Gasteiger charge is 2.27. The lowest BCUT2D eigenvalue weighted by molar-refractivity contribution is -0.119. The summed E-state index contributed by atoms with van der Waals surface area (Å²) in [5.74, 6) is -0.425. The Morgan fingerprint density at radius 1 is 1.35 bits per heavy atom. The smallest absolute Gasteiger partial charge is 0.244 e. The van der Waals surface area contributed by atoms with Gasteiger partial charge in [-0.15, -0.1) is 0 Å². The van der Waals surface area contributed by atoms with Crippen molar-refractivity contribution in [3.8, 4) is 0 Å². The van der Waals surface area contributed by atoms with Crippen LogP contribution in [0, 0.1) is 0 Å². The SMILES string of the molecule is CCC(CO)(CO)NC(=O)/C=C/c1cccc(Cl)c1Cl. The van der Waals surface area contributed by atoms with E-state index in [0.717, 1.165) is 0 Å². The molecular formula is C14H17Cl2NO3. The summed E-state index contributed by atoms with van der Waals surface area (Å²) in [6.45, 7) is 1.10. The molecule has 20 heavy (non-hydrogen) atoms. The van der Waals surface area contributed by atoms with E-state index in [0.29, 0.717) is 22.0 Å². The van der Waals surface area contributed by atoms with Crippen LogP contribution in [0.15, 0.2) is 24.3 Å². The molecule has 0 radical (unpaired) electrons. The minimum atomic E-state index is -1.01. The van der Waals surface area contributed by atoms with E-state index in [9.17, 15) is 15.0 Å². The standard InChI is InChI=1S/C14H17Cl2NO3/c1-2-14(8-18,9-19)17-12(20)7-6-10-4-3-5-11(15)13(10)16/h3-7,18-19H,2,8-9H2,1H3,(H,17,20)/b7-6+. The molecule has 0 spiro atoms. The molecule has 1 aromatic carbocycles. The summed E-state index contributed by atoms with van der Waals surface area (Å²) in [6, 6.07) is 5.10. The van der Waals surface area contributed by atoms with E-state index < -0.39 is 11.4 Å². The summed E-state index contributed by atoms with van der Waals surface area (Å²) in [6.07, 6.45) is 3.23. The highest BCUT2D eigenvalue weighted by atomic mass is 35.5. The average Bonchev–Trinajstić information content (AvgIpc) is 2.46. The number of amides is 1. The quantitative estimate of drug-likeness (QED) is 0.705. The van der Waals surface area contributed by atoms with Gasteiger partial charge < -0.3 is 15.5 Å². The third-order valence-electron chi connectivity index (χ3n) is 3.07. The average molecular weight is 318 g/mol. The molecule has 0 aliphatic rings. The third kappa shape index (κ3) is 4.21. The van der Waals surface area contributed by atoms with Crippen LogP contribution in [0.1, 0.15) is 18.9 Å². The predicted octanol–water partition coefficient (Wildman–Crippen LogP) is 2.26. The second kappa shape index (κ2) is 7.64. The fraction of sp³-hybridized carbons (Fsp3) is 0.357. The maximum absolute atomic E-state index is 11.8. The second-order valence-corrected chi connectivity index (χ2v) is 5.20. The Labute approximate surface area is 128 Å². The van der Waals surface area contributed by atoms with Crippen molar-refractivity contribution in [2.24, 2.45) is 0 Å². The molecule has 1 rings (SSSR count). The van der Waals surface area contributed by atoms with Gasteiger partial charge in [-0.3, -0.25) is 4.79 Å². The number of rotatable bonds is 6. The molecule has 110 valence electrons. The largest absolute Gasteiger partial charge is 0.394 e. The number of carbonyl (C=O) groups excluding carboxylic acids is 1.